The maximum atomic E-state index is 15.3. The molecule has 2 aliphatic carbocycles. The quantitative estimate of drug-likeness (QED) is 0.548. The van der Waals surface area contributed by atoms with E-state index in [2.05, 4.69) is 22.2 Å². The molecule has 0 spiro atoms. The number of likely N-dealkylation sites (N-methyl/N-ethyl adjacent to an activating group) is 1. The molecule has 7 nitrogen and oxygen atoms in total. The number of fused-ring (bicyclic) bond motifs is 2. The van der Waals surface area contributed by atoms with Gasteiger partial charge in [-0.05, 0) is 38.3 Å². The Balaban J connectivity index is 1.63. The van der Waals surface area contributed by atoms with E-state index in [0.29, 0.717) is 36.1 Å². The van der Waals surface area contributed by atoms with Crippen molar-refractivity contribution < 1.29 is 19.0 Å². The molecule has 0 bridgehead atoms. The van der Waals surface area contributed by atoms with Gasteiger partial charge < -0.3 is 24.6 Å². The lowest BCUT2D eigenvalue weighted by Crippen LogP contribution is -2.38. The van der Waals surface area contributed by atoms with E-state index in [9.17, 15) is 9.59 Å². The van der Waals surface area contributed by atoms with E-state index < -0.39 is 17.4 Å². The summed E-state index contributed by atoms with van der Waals surface area (Å²) in [5.74, 6) is -0.189. The molecule has 3 atom stereocenters. The van der Waals surface area contributed by atoms with Crippen molar-refractivity contribution in [2.45, 2.75) is 31.3 Å². The van der Waals surface area contributed by atoms with Crippen LogP contribution in [-0.2, 0) is 0 Å². The number of nitrogens with one attached hydrogen (secondary N) is 1. The molecule has 5 rings (SSSR count). The van der Waals surface area contributed by atoms with Crippen molar-refractivity contribution in [1.82, 2.24) is 9.88 Å². The molecule has 2 N–H and O–H groups in total. The van der Waals surface area contributed by atoms with Crippen LogP contribution >= 0.6 is 11.6 Å². The first-order chi connectivity index (χ1) is 14.9. The second-order valence-corrected chi connectivity index (χ2v) is 8.93. The fraction of sp³-hybridized carbons (Fsp3) is 0.455. The van der Waals surface area contributed by atoms with Gasteiger partial charge in [-0.1, -0.05) is 23.8 Å². The SMILES string of the molecule is CNC1C=CCC2CN(c3c(F)cc4c(=O)c(OC(=O)O)cn(C5CC5)c4c3Cl)CC21. The van der Waals surface area contributed by atoms with Gasteiger partial charge in [0.2, 0.25) is 5.43 Å². The van der Waals surface area contributed by atoms with Gasteiger partial charge in [0.1, 0.15) is 5.82 Å². The Bertz CT molecular complexity index is 1160. The van der Waals surface area contributed by atoms with Gasteiger partial charge in [-0.25, -0.2) is 9.18 Å². The Labute approximate surface area is 183 Å². The monoisotopic (exact) mass is 447 g/mol. The predicted molar refractivity (Wildman–Crippen MR) is 116 cm³/mol. The van der Waals surface area contributed by atoms with Crippen LogP contribution in [0.4, 0.5) is 14.9 Å². The molecule has 1 aliphatic heterocycles. The van der Waals surface area contributed by atoms with Crippen molar-refractivity contribution >= 4 is 34.3 Å². The Morgan fingerprint density at radius 1 is 1.35 bits per heavy atom. The van der Waals surface area contributed by atoms with Crippen LogP contribution in [0.2, 0.25) is 5.02 Å². The van der Waals surface area contributed by atoms with E-state index in [0.717, 1.165) is 19.3 Å². The maximum Gasteiger partial charge on any atom is 0.511 e. The molecule has 1 saturated carbocycles. The molecule has 2 aromatic rings. The first-order valence-electron chi connectivity index (χ1n) is 10.5. The second-order valence-electron chi connectivity index (χ2n) is 8.55. The van der Waals surface area contributed by atoms with Crippen LogP contribution in [-0.4, -0.2) is 42.0 Å². The number of nitrogens with zero attached hydrogens (tertiary/aromatic N) is 2. The van der Waals surface area contributed by atoms with E-state index in [-0.39, 0.29) is 28.2 Å². The fourth-order valence-electron chi connectivity index (χ4n) is 5.09. The number of aromatic nitrogens is 1. The number of rotatable bonds is 4. The first kappa shape index (κ1) is 20.3. The second kappa shape index (κ2) is 7.53. The Hall–Kier alpha value is -2.58. The number of hydrogen-bond acceptors (Lipinski definition) is 5. The summed E-state index contributed by atoms with van der Waals surface area (Å²) in [6.07, 6.45) is 6.81. The van der Waals surface area contributed by atoms with Crippen molar-refractivity contribution in [3.63, 3.8) is 0 Å². The van der Waals surface area contributed by atoms with Crippen LogP contribution in [0.15, 0.2) is 29.2 Å². The minimum absolute atomic E-state index is 0.0308. The molecule has 1 aromatic carbocycles. The molecule has 2 heterocycles. The molecule has 3 unspecified atom stereocenters. The third-order valence-corrected chi connectivity index (χ3v) is 7.03. The molecule has 31 heavy (non-hydrogen) atoms. The molecule has 0 radical (unpaired) electrons. The number of carbonyl (C=O) groups is 1. The van der Waals surface area contributed by atoms with Crippen molar-refractivity contribution in [3.8, 4) is 5.75 Å². The summed E-state index contributed by atoms with van der Waals surface area (Å²) < 4.78 is 21.8. The van der Waals surface area contributed by atoms with E-state index in [1.807, 2.05) is 11.9 Å². The molecule has 0 amide bonds. The Morgan fingerprint density at radius 3 is 2.81 bits per heavy atom. The molecule has 1 saturated heterocycles. The smallest absolute Gasteiger partial charge is 0.449 e. The zero-order valence-electron chi connectivity index (χ0n) is 17.0. The van der Waals surface area contributed by atoms with Gasteiger partial charge in [0.25, 0.3) is 0 Å². The Morgan fingerprint density at radius 2 is 2.13 bits per heavy atom. The molecule has 1 aromatic heterocycles. The van der Waals surface area contributed by atoms with Crippen LogP contribution in [0.3, 0.4) is 0 Å². The highest BCUT2D eigenvalue weighted by Gasteiger charge is 2.40. The van der Waals surface area contributed by atoms with E-state index in [1.54, 1.807) is 4.57 Å². The molecular weight excluding hydrogens is 425 g/mol. The van der Waals surface area contributed by atoms with Gasteiger partial charge in [-0.2, -0.15) is 0 Å². The number of benzene rings is 1. The van der Waals surface area contributed by atoms with Crippen molar-refractivity contribution in [1.29, 1.82) is 0 Å². The number of pyridine rings is 1. The third-order valence-electron chi connectivity index (χ3n) is 6.67. The number of hydrogen-bond donors (Lipinski definition) is 2. The van der Waals surface area contributed by atoms with Crippen molar-refractivity contribution in [3.05, 3.63) is 45.5 Å². The minimum Gasteiger partial charge on any atom is -0.449 e. The predicted octanol–water partition coefficient (Wildman–Crippen LogP) is 3.79. The first-order valence-corrected chi connectivity index (χ1v) is 10.8. The highest BCUT2D eigenvalue weighted by Crippen LogP contribution is 2.45. The van der Waals surface area contributed by atoms with Crippen molar-refractivity contribution in [2.75, 3.05) is 25.0 Å². The average molecular weight is 448 g/mol. The van der Waals surface area contributed by atoms with Crippen LogP contribution in [0.1, 0.15) is 25.3 Å². The highest BCUT2D eigenvalue weighted by atomic mass is 35.5. The summed E-state index contributed by atoms with van der Waals surface area (Å²) >= 11 is 6.77. The lowest BCUT2D eigenvalue weighted by Gasteiger charge is -2.28. The summed E-state index contributed by atoms with van der Waals surface area (Å²) in [7, 11) is 1.93. The maximum absolute atomic E-state index is 15.3. The van der Waals surface area contributed by atoms with Crippen molar-refractivity contribution in [2.24, 2.45) is 11.8 Å². The largest absolute Gasteiger partial charge is 0.511 e. The van der Waals surface area contributed by atoms with Gasteiger partial charge in [0.05, 0.1) is 27.8 Å². The normalized spacial score (nSPS) is 25.1. The summed E-state index contributed by atoms with van der Waals surface area (Å²) in [5.41, 5.74) is 0.0526. The molecule has 3 aliphatic rings. The standard InChI is InChI=1S/C22H23ClFN3O4/c1-25-16-4-2-3-11-8-26(9-14(11)16)20-15(24)7-13-19(18(20)23)27(12-5-6-12)10-17(21(13)28)31-22(29)30/h2,4,7,10-12,14,16,25H,3,5-6,8-9H2,1H3,(H,29,30). The number of allylic oxidation sites excluding steroid dienone is 1. The van der Waals surface area contributed by atoms with Gasteiger partial charge >= 0.3 is 6.16 Å². The number of anilines is 1. The van der Waals surface area contributed by atoms with Crippen LogP contribution < -0.4 is 20.4 Å². The summed E-state index contributed by atoms with van der Waals surface area (Å²) in [5, 5.41) is 12.5. The van der Waals surface area contributed by atoms with Crippen LogP contribution in [0.5, 0.6) is 5.75 Å². The van der Waals surface area contributed by atoms with Crippen LogP contribution in [0, 0.1) is 17.7 Å². The highest BCUT2D eigenvalue weighted by molar-refractivity contribution is 6.38. The summed E-state index contributed by atoms with van der Waals surface area (Å²) in [4.78, 5) is 25.8. The minimum atomic E-state index is -1.59. The molecular formula is C22H23ClFN3O4. The summed E-state index contributed by atoms with van der Waals surface area (Å²) in [6, 6.07) is 1.47. The zero-order valence-corrected chi connectivity index (χ0v) is 17.7. The Kier molecular flexibility index (Phi) is 4.94. The number of ether oxygens (including phenoxy) is 1. The van der Waals surface area contributed by atoms with E-state index in [4.69, 9.17) is 16.7 Å². The zero-order chi connectivity index (χ0) is 21.9. The average Bonchev–Trinajstić information content (AvgIpc) is 3.48. The van der Waals surface area contributed by atoms with Crippen LogP contribution in [0.25, 0.3) is 10.9 Å². The lowest BCUT2D eigenvalue weighted by atomic mass is 9.82. The van der Waals surface area contributed by atoms with E-state index in [1.165, 1.54) is 12.3 Å². The van der Waals surface area contributed by atoms with Gasteiger partial charge in [-0.3, -0.25) is 4.79 Å². The molecule has 9 heteroatoms. The number of halogens is 2. The summed E-state index contributed by atoms with van der Waals surface area (Å²) in [6.45, 7) is 1.35. The fourth-order valence-corrected chi connectivity index (χ4v) is 5.50. The third kappa shape index (κ3) is 3.38. The molecule has 164 valence electrons. The molecule has 2 fully saturated rings. The van der Waals surface area contributed by atoms with E-state index >= 15 is 4.39 Å². The topological polar surface area (TPSA) is 83.8 Å². The lowest BCUT2D eigenvalue weighted by molar-refractivity contribution is 0.143. The van der Waals surface area contributed by atoms with Gasteiger partial charge in [0, 0.05) is 31.1 Å². The van der Waals surface area contributed by atoms with Gasteiger partial charge in [-0.15, -0.1) is 0 Å². The number of carboxylic acid groups (broad SMARTS) is 1. The van der Waals surface area contributed by atoms with Gasteiger partial charge in [0.15, 0.2) is 5.75 Å².